The first-order valence-corrected chi connectivity index (χ1v) is 9.39. The highest BCUT2D eigenvalue weighted by atomic mass is 32.2. The van der Waals surface area contributed by atoms with Crippen LogP contribution in [0.4, 0.5) is 8.78 Å². The van der Waals surface area contributed by atoms with Gasteiger partial charge in [0.25, 0.3) is 0 Å². The first-order valence-electron chi connectivity index (χ1n) is 7.50. The van der Waals surface area contributed by atoms with E-state index in [1.54, 1.807) is 13.0 Å². The smallest absolute Gasteiger partial charge is 0.190 e. The third-order valence-electron chi connectivity index (χ3n) is 3.92. The van der Waals surface area contributed by atoms with Crippen molar-refractivity contribution in [1.29, 1.82) is 0 Å². The minimum absolute atomic E-state index is 0.00155. The number of hydrogen-bond acceptors (Lipinski definition) is 5. The Hall–Kier alpha value is -2.74. The van der Waals surface area contributed by atoms with Crippen LogP contribution in [0.3, 0.4) is 0 Å². The summed E-state index contributed by atoms with van der Waals surface area (Å²) in [6.07, 6.45) is 3.91. The van der Waals surface area contributed by atoms with Crippen LogP contribution < -0.4 is 4.74 Å². The van der Waals surface area contributed by atoms with E-state index >= 15 is 0 Å². The molecule has 0 amide bonds. The van der Waals surface area contributed by atoms with Gasteiger partial charge in [-0.3, -0.25) is 0 Å². The van der Waals surface area contributed by atoms with Crippen LogP contribution >= 0.6 is 0 Å². The molecule has 0 aliphatic heterocycles. The molecule has 0 fully saturated rings. The lowest BCUT2D eigenvalue weighted by atomic mass is 9.97. The van der Waals surface area contributed by atoms with Gasteiger partial charge in [-0.15, -0.1) is 0 Å². The lowest BCUT2D eigenvalue weighted by Crippen LogP contribution is -2.04. The topological polar surface area (TPSA) is 69.4 Å². The van der Waals surface area contributed by atoms with Gasteiger partial charge in [0.2, 0.25) is 0 Å². The monoisotopic (exact) mass is 379 g/mol. The van der Waals surface area contributed by atoms with Crippen LogP contribution in [0.25, 0.3) is 22.3 Å². The normalized spacial score (nSPS) is 11.6. The molecule has 1 heterocycles. The summed E-state index contributed by atoms with van der Waals surface area (Å²) in [6.45, 7) is 1.62. The number of benzene rings is 2. The number of rotatable bonds is 4. The Labute approximate surface area is 149 Å². The van der Waals surface area contributed by atoms with E-state index in [-0.39, 0.29) is 16.0 Å². The summed E-state index contributed by atoms with van der Waals surface area (Å²) in [4.78, 5) is 0.00155. The largest absolute Gasteiger partial charge is 0.491 e. The number of halogens is 2. The Bertz CT molecular complexity index is 1050. The number of hydrogen-bond donors (Lipinski definition) is 0. The highest BCUT2D eigenvalue weighted by Crippen LogP contribution is 2.37. The van der Waals surface area contributed by atoms with Crippen molar-refractivity contribution in [2.24, 2.45) is 0 Å². The number of aryl methyl sites for hydroxylation is 1. The van der Waals surface area contributed by atoms with Gasteiger partial charge in [-0.1, -0.05) is 5.16 Å². The first kappa shape index (κ1) is 18.1. The van der Waals surface area contributed by atoms with Crippen molar-refractivity contribution in [1.82, 2.24) is 5.16 Å². The lowest BCUT2D eigenvalue weighted by molar-refractivity contribution is 0.360. The lowest BCUT2D eigenvalue weighted by Gasteiger charge is -2.15. The second-order valence-corrected chi connectivity index (χ2v) is 7.78. The van der Waals surface area contributed by atoms with Crippen molar-refractivity contribution in [2.75, 3.05) is 13.4 Å². The molecule has 0 radical (unpaired) electrons. The van der Waals surface area contributed by atoms with E-state index in [2.05, 4.69) is 9.89 Å². The zero-order chi connectivity index (χ0) is 19.1. The summed E-state index contributed by atoms with van der Waals surface area (Å²) in [6, 6.07) is 5.28. The van der Waals surface area contributed by atoms with Gasteiger partial charge in [-0.25, -0.2) is 17.2 Å². The summed E-state index contributed by atoms with van der Waals surface area (Å²) in [7, 11) is -2.50. The molecule has 0 atom stereocenters. The fourth-order valence-electron chi connectivity index (χ4n) is 2.91. The standard InChI is InChI=1S/C18H15F2NO4S/c1-10-4-11(13-8-21-25-9-13)5-14(18(10)26(3,22)23)12-6-15(19)17(24-2)16(20)7-12/h4-9H,1-3H3. The summed E-state index contributed by atoms with van der Waals surface area (Å²) >= 11 is 0. The SMILES string of the molecule is COc1c(F)cc(-c2cc(-c3cnoc3)cc(C)c2S(C)(=O)=O)cc1F. The summed E-state index contributed by atoms with van der Waals surface area (Å²) in [5.74, 6) is -2.37. The van der Waals surface area contributed by atoms with Crippen molar-refractivity contribution in [3.8, 4) is 28.0 Å². The van der Waals surface area contributed by atoms with Gasteiger partial charge in [0.15, 0.2) is 27.2 Å². The van der Waals surface area contributed by atoms with Crippen LogP contribution in [0.1, 0.15) is 5.56 Å². The number of sulfone groups is 1. The number of methoxy groups -OCH3 is 1. The zero-order valence-corrected chi connectivity index (χ0v) is 15.0. The minimum atomic E-state index is -3.65. The second-order valence-electron chi connectivity index (χ2n) is 5.83. The van der Waals surface area contributed by atoms with Crippen molar-refractivity contribution in [2.45, 2.75) is 11.8 Å². The molecule has 5 nitrogen and oxygen atoms in total. The highest BCUT2D eigenvalue weighted by molar-refractivity contribution is 7.90. The molecule has 2 aromatic carbocycles. The quantitative estimate of drug-likeness (QED) is 0.685. The predicted molar refractivity (Wildman–Crippen MR) is 91.7 cm³/mol. The van der Waals surface area contributed by atoms with Crippen LogP contribution in [0.2, 0.25) is 0 Å². The molecule has 0 aliphatic rings. The maximum Gasteiger partial charge on any atom is 0.190 e. The Morgan fingerprint density at radius 2 is 1.69 bits per heavy atom. The molecule has 3 aromatic rings. The molecular weight excluding hydrogens is 364 g/mol. The molecule has 0 saturated heterocycles. The van der Waals surface area contributed by atoms with Crippen LogP contribution in [-0.2, 0) is 9.84 Å². The molecular formula is C18H15F2NO4S. The van der Waals surface area contributed by atoms with Crippen LogP contribution in [0.5, 0.6) is 5.75 Å². The molecule has 8 heteroatoms. The summed E-state index contributed by atoms with van der Waals surface area (Å²) in [5.41, 5.74) is 1.94. The Morgan fingerprint density at radius 1 is 1.04 bits per heavy atom. The average Bonchev–Trinajstić information content (AvgIpc) is 3.07. The molecule has 1 aromatic heterocycles. The van der Waals surface area contributed by atoms with Crippen LogP contribution in [-0.4, -0.2) is 26.9 Å². The van der Waals surface area contributed by atoms with E-state index in [4.69, 9.17) is 4.52 Å². The van der Waals surface area contributed by atoms with Crippen molar-refractivity contribution >= 4 is 9.84 Å². The predicted octanol–water partition coefficient (Wildman–Crippen LogP) is 4.01. The van der Waals surface area contributed by atoms with Gasteiger partial charge < -0.3 is 9.26 Å². The first-order chi connectivity index (χ1) is 12.2. The molecule has 0 N–H and O–H groups in total. The number of aromatic nitrogens is 1. The zero-order valence-electron chi connectivity index (χ0n) is 14.2. The second kappa shape index (κ2) is 6.53. The van der Waals surface area contributed by atoms with Gasteiger partial charge in [0.1, 0.15) is 6.26 Å². The summed E-state index contributed by atoms with van der Waals surface area (Å²) in [5, 5.41) is 3.62. The van der Waals surface area contributed by atoms with E-state index in [0.29, 0.717) is 16.7 Å². The van der Waals surface area contributed by atoms with Crippen LogP contribution in [0, 0.1) is 18.6 Å². The maximum atomic E-state index is 14.2. The van der Waals surface area contributed by atoms with Gasteiger partial charge in [0, 0.05) is 17.4 Å². The molecule has 0 bridgehead atoms. The number of ether oxygens (including phenoxy) is 1. The highest BCUT2D eigenvalue weighted by Gasteiger charge is 2.22. The summed E-state index contributed by atoms with van der Waals surface area (Å²) < 4.78 is 62.4. The molecule has 0 unspecified atom stereocenters. The molecule has 0 spiro atoms. The van der Waals surface area contributed by atoms with Crippen LogP contribution in [0.15, 0.2) is 46.1 Å². The van der Waals surface area contributed by atoms with Gasteiger partial charge in [-0.05, 0) is 47.9 Å². The van der Waals surface area contributed by atoms with Gasteiger partial charge in [0.05, 0.1) is 18.2 Å². The maximum absolute atomic E-state index is 14.2. The molecule has 26 heavy (non-hydrogen) atoms. The molecule has 0 aliphatic carbocycles. The van der Waals surface area contributed by atoms with Crippen molar-refractivity contribution < 1.29 is 26.5 Å². The third-order valence-corrected chi connectivity index (χ3v) is 5.21. The van der Waals surface area contributed by atoms with E-state index in [1.165, 1.54) is 18.5 Å². The average molecular weight is 379 g/mol. The Balaban J connectivity index is 2.35. The minimum Gasteiger partial charge on any atom is -0.491 e. The fraction of sp³-hybridized carbons (Fsp3) is 0.167. The number of nitrogens with zero attached hydrogens (tertiary/aromatic N) is 1. The molecule has 0 saturated carbocycles. The Kier molecular flexibility index (Phi) is 4.53. The van der Waals surface area contributed by atoms with Gasteiger partial charge in [-0.2, -0.15) is 0 Å². The van der Waals surface area contributed by atoms with E-state index in [1.807, 2.05) is 0 Å². The van der Waals surface area contributed by atoms with Crippen molar-refractivity contribution in [3.63, 3.8) is 0 Å². The fourth-order valence-corrected chi connectivity index (χ4v) is 4.13. The van der Waals surface area contributed by atoms with Gasteiger partial charge >= 0.3 is 0 Å². The van der Waals surface area contributed by atoms with E-state index < -0.39 is 27.2 Å². The third kappa shape index (κ3) is 3.20. The Morgan fingerprint density at radius 3 is 2.19 bits per heavy atom. The molecule has 3 rings (SSSR count). The molecule has 136 valence electrons. The van der Waals surface area contributed by atoms with Crippen molar-refractivity contribution in [3.05, 3.63) is 53.9 Å². The van der Waals surface area contributed by atoms with E-state index in [9.17, 15) is 17.2 Å². The van der Waals surface area contributed by atoms with E-state index in [0.717, 1.165) is 25.5 Å².